The van der Waals surface area contributed by atoms with Gasteiger partial charge in [0.15, 0.2) is 0 Å². The van der Waals surface area contributed by atoms with Gasteiger partial charge in [-0.15, -0.1) is 0 Å². The number of pyridine rings is 1. The van der Waals surface area contributed by atoms with Gasteiger partial charge in [-0.05, 0) is 61.9 Å². The highest BCUT2D eigenvalue weighted by molar-refractivity contribution is 5.94. The molecule has 0 fully saturated rings. The van der Waals surface area contributed by atoms with Crippen molar-refractivity contribution in [3.63, 3.8) is 0 Å². The lowest BCUT2D eigenvalue weighted by atomic mass is 10.2. The lowest BCUT2D eigenvalue weighted by molar-refractivity contribution is 0.0935. The van der Waals surface area contributed by atoms with Crippen LogP contribution in [-0.4, -0.2) is 15.3 Å². The molecule has 1 amide bonds. The molecule has 0 aliphatic heterocycles. The van der Waals surface area contributed by atoms with Gasteiger partial charge in [0.1, 0.15) is 23.8 Å². The van der Waals surface area contributed by atoms with Crippen LogP contribution >= 0.6 is 0 Å². The molecule has 0 radical (unpaired) electrons. The molecule has 4 rings (SSSR count). The molecule has 0 saturated carbocycles. The van der Waals surface area contributed by atoms with Crippen molar-refractivity contribution in [1.29, 1.82) is 0 Å². The van der Waals surface area contributed by atoms with Crippen molar-refractivity contribution in [3.8, 4) is 5.75 Å². The maximum absolute atomic E-state index is 12.4. The van der Waals surface area contributed by atoms with E-state index in [0.29, 0.717) is 17.9 Å². The van der Waals surface area contributed by atoms with Crippen molar-refractivity contribution in [1.82, 2.24) is 14.7 Å². The Labute approximate surface area is 162 Å². The van der Waals surface area contributed by atoms with Crippen LogP contribution in [0.25, 0.3) is 5.65 Å². The number of ether oxygens (including phenoxy) is 1. The summed E-state index contributed by atoms with van der Waals surface area (Å²) in [6.45, 7) is 4.27. The smallest absolute Gasteiger partial charge is 0.251 e. The number of amides is 1. The Hall–Kier alpha value is -3.54. The number of furan rings is 1. The molecule has 0 saturated heterocycles. The lowest BCUT2D eigenvalue weighted by Crippen LogP contribution is -2.26. The maximum Gasteiger partial charge on any atom is 0.251 e. The van der Waals surface area contributed by atoms with Crippen LogP contribution in [0, 0.1) is 6.92 Å². The fourth-order valence-corrected chi connectivity index (χ4v) is 3.02. The molecule has 142 valence electrons. The quantitative estimate of drug-likeness (QED) is 0.545. The average Bonchev–Trinajstić information content (AvgIpc) is 3.37. The van der Waals surface area contributed by atoms with Gasteiger partial charge in [-0.2, -0.15) is 0 Å². The number of hydrogen-bond acceptors (Lipinski definition) is 4. The van der Waals surface area contributed by atoms with Crippen molar-refractivity contribution >= 4 is 11.6 Å². The monoisotopic (exact) mass is 375 g/mol. The van der Waals surface area contributed by atoms with Crippen LogP contribution in [0.4, 0.5) is 0 Å². The molecular formula is C22H21N3O3. The highest BCUT2D eigenvalue weighted by atomic mass is 16.5. The van der Waals surface area contributed by atoms with Crippen molar-refractivity contribution in [2.24, 2.45) is 0 Å². The molecule has 3 heterocycles. The van der Waals surface area contributed by atoms with E-state index in [1.807, 2.05) is 48.8 Å². The number of carbonyl (C=O) groups is 1. The summed E-state index contributed by atoms with van der Waals surface area (Å²) < 4.78 is 13.1. The van der Waals surface area contributed by atoms with Gasteiger partial charge in [-0.1, -0.05) is 6.07 Å². The van der Waals surface area contributed by atoms with Crippen LogP contribution < -0.4 is 10.1 Å². The normalized spacial score (nSPS) is 12.1. The molecule has 0 spiro atoms. The minimum atomic E-state index is -0.197. The van der Waals surface area contributed by atoms with E-state index in [4.69, 9.17) is 9.15 Å². The molecule has 6 heteroatoms. The van der Waals surface area contributed by atoms with E-state index < -0.39 is 0 Å². The second kappa shape index (κ2) is 7.60. The summed E-state index contributed by atoms with van der Waals surface area (Å²) in [5, 5.41) is 2.91. The number of nitrogens with zero attached hydrogens (tertiary/aromatic N) is 2. The largest absolute Gasteiger partial charge is 0.487 e. The number of imidazole rings is 1. The van der Waals surface area contributed by atoms with Crippen molar-refractivity contribution < 1.29 is 13.9 Å². The molecule has 0 aliphatic carbocycles. The minimum absolute atomic E-state index is 0.161. The first-order valence-electron chi connectivity index (χ1n) is 9.10. The Morgan fingerprint density at radius 3 is 2.75 bits per heavy atom. The van der Waals surface area contributed by atoms with E-state index in [1.165, 1.54) is 0 Å². The van der Waals surface area contributed by atoms with E-state index in [0.717, 1.165) is 22.7 Å². The van der Waals surface area contributed by atoms with Gasteiger partial charge in [-0.3, -0.25) is 4.79 Å². The Bertz CT molecular complexity index is 1080. The van der Waals surface area contributed by atoms with Gasteiger partial charge < -0.3 is 18.9 Å². The van der Waals surface area contributed by atoms with E-state index in [2.05, 4.69) is 10.3 Å². The summed E-state index contributed by atoms with van der Waals surface area (Å²) in [5.74, 6) is 1.24. The molecule has 6 nitrogen and oxygen atoms in total. The van der Waals surface area contributed by atoms with E-state index >= 15 is 0 Å². The first-order chi connectivity index (χ1) is 13.6. The Morgan fingerprint density at radius 2 is 2.04 bits per heavy atom. The van der Waals surface area contributed by atoms with Crippen molar-refractivity contribution in [2.45, 2.75) is 26.5 Å². The number of hydrogen-bond donors (Lipinski definition) is 1. The molecule has 1 aromatic carbocycles. The molecule has 0 bridgehead atoms. The molecule has 1 unspecified atom stereocenters. The zero-order valence-electron chi connectivity index (χ0n) is 15.8. The number of nitrogens with one attached hydrogen (secondary N) is 1. The number of aryl methyl sites for hydroxylation is 1. The van der Waals surface area contributed by atoms with Crippen LogP contribution in [0.5, 0.6) is 5.75 Å². The number of benzene rings is 1. The van der Waals surface area contributed by atoms with Crippen molar-refractivity contribution in [2.75, 3.05) is 0 Å². The molecule has 28 heavy (non-hydrogen) atoms. The van der Waals surface area contributed by atoms with Crippen LogP contribution in [-0.2, 0) is 6.61 Å². The predicted molar refractivity (Wildman–Crippen MR) is 105 cm³/mol. The van der Waals surface area contributed by atoms with Crippen LogP contribution in [0.3, 0.4) is 0 Å². The number of aromatic nitrogens is 2. The summed E-state index contributed by atoms with van der Waals surface area (Å²) in [7, 11) is 0. The predicted octanol–water partition coefficient (Wildman–Crippen LogP) is 4.31. The topological polar surface area (TPSA) is 68.8 Å². The van der Waals surface area contributed by atoms with E-state index in [9.17, 15) is 4.79 Å². The molecule has 3 aromatic heterocycles. The average molecular weight is 375 g/mol. The first-order valence-corrected chi connectivity index (χ1v) is 9.10. The number of fused-ring (bicyclic) bond motifs is 1. The fraction of sp³-hybridized carbons (Fsp3) is 0.182. The first kappa shape index (κ1) is 17.9. The van der Waals surface area contributed by atoms with E-state index in [1.54, 1.807) is 36.6 Å². The van der Waals surface area contributed by atoms with Crippen molar-refractivity contribution in [3.05, 3.63) is 89.8 Å². The Morgan fingerprint density at radius 1 is 1.21 bits per heavy atom. The van der Waals surface area contributed by atoms with E-state index in [-0.39, 0.29) is 11.9 Å². The summed E-state index contributed by atoms with van der Waals surface area (Å²) in [6, 6.07) is 14.5. The third-order valence-corrected chi connectivity index (χ3v) is 4.55. The van der Waals surface area contributed by atoms with Gasteiger partial charge >= 0.3 is 0 Å². The van der Waals surface area contributed by atoms with Gasteiger partial charge in [0.2, 0.25) is 0 Å². The minimum Gasteiger partial charge on any atom is -0.487 e. The second-order valence-corrected chi connectivity index (χ2v) is 6.68. The number of carbonyl (C=O) groups excluding carboxylic acids is 1. The highest BCUT2D eigenvalue weighted by Crippen LogP contribution is 2.17. The third kappa shape index (κ3) is 3.76. The standard InChI is InChI=1S/C22H21N3O3/c1-15-5-3-11-25-13-18(24-21(15)25)14-28-19-9-7-17(8-10-19)22(26)23-16(2)20-6-4-12-27-20/h3-13,16H,14H2,1-2H3,(H,23,26). The van der Waals surface area contributed by atoms with Gasteiger partial charge in [0.25, 0.3) is 5.91 Å². The van der Waals surface area contributed by atoms with Gasteiger partial charge in [-0.25, -0.2) is 4.98 Å². The van der Waals surface area contributed by atoms with Crippen LogP contribution in [0.1, 0.15) is 40.3 Å². The fourth-order valence-electron chi connectivity index (χ4n) is 3.02. The zero-order valence-corrected chi connectivity index (χ0v) is 15.8. The Kier molecular flexibility index (Phi) is 4.85. The molecule has 4 aromatic rings. The summed E-state index contributed by atoms with van der Waals surface area (Å²) in [5.41, 5.74) is 3.46. The van der Waals surface area contributed by atoms with Crippen LogP contribution in [0.2, 0.25) is 0 Å². The maximum atomic E-state index is 12.4. The zero-order chi connectivity index (χ0) is 19.5. The molecular weight excluding hydrogens is 354 g/mol. The summed E-state index contributed by atoms with van der Waals surface area (Å²) in [4.78, 5) is 17.0. The molecule has 0 aliphatic rings. The second-order valence-electron chi connectivity index (χ2n) is 6.68. The highest BCUT2D eigenvalue weighted by Gasteiger charge is 2.13. The molecule has 1 N–H and O–H groups in total. The number of rotatable bonds is 6. The van der Waals surface area contributed by atoms with Gasteiger partial charge in [0, 0.05) is 18.0 Å². The SMILES string of the molecule is Cc1cccn2cc(COc3ccc(C(=O)NC(C)c4ccco4)cc3)nc12. The Balaban J connectivity index is 1.37. The van der Waals surface area contributed by atoms with Crippen LogP contribution in [0.15, 0.2) is 71.6 Å². The third-order valence-electron chi connectivity index (χ3n) is 4.55. The summed E-state index contributed by atoms with van der Waals surface area (Å²) in [6.07, 6.45) is 5.52. The summed E-state index contributed by atoms with van der Waals surface area (Å²) >= 11 is 0. The van der Waals surface area contributed by atoms with Gasteiger partial charge in [0.05, 0.1) is 18.0 Å². The molecule has 1 atom stereocenters. The lowest BCUT2D eigenvalue weighted by Gasteiger charge is -2.12.